The molecule has 0 aliphatic rings. The smallest absolute Gasteiger partial charge is 0.263 e. The minimum Gasteiger partial charge on any atom is -0.365 e. The third kappa shape index (κ3) is 3.99. The fourth-order valence-corrected chi connectivity index (χ4v) is 2.46. The zero-order valence-corrected chi connectivity index (χ0v) is 11.8. The van der Waals surface area contributed by atoms with Gasteiger partial charge in [-0.05, 0) is 36.4 Å². The van der Waals surface area contributed by atoms with Crippen molar-refractivity contribution in [3.8, 4) is 0 Å². The molecule has 6 nitrogen and oxygen atoms in total. The van der Waals surface area contributed by atoms with Crippen LogP contribution in [-0.2, 0) is 10.0 Å². The first-order valence-corrected chi connectivity index (χ1v) is 7.46. The van der Waals surface area contributed by atoms with E-state index in [-0.39, 0.29) is 10.7 Å². The zero-order valence-electron chi connectivity index (χ0n) is 11.0. The molecule has 2 N–H and O–H groups in total. The molecular weight excluding hydrogens is 295 g/mol. The molecule has 110 valence electrons. The van der Waals surface area contributed by atoms with Crippen LogP contribution in [0.15, 0.2) is 53.9 Å². The molecule has 2 aromatic rings. The van der Waals surface area contributed by atoms with E-state index in [1.165, 1.54) is 18.2 Å². The average Bonchev–Trinajstić information content (AvgIpc) is 2.47. The first kappa shape index (κ1) is 14.9. The van der Waals surface area contributed by atoms with Crippen molar-refractivity contribution in [2.45, 2.75) is 4.90 Å². The van der Waals surface area contributed by atoms with E-state index < -0.39 is 15.8 Å². The van der Waals surface area contributed by atoms with E-state index >= 15 is 0 Å². The van der Waals surface area contributed by atoms with Crippen molar-refractivity contribution in [1.82, 2.24) is 10.2 Å². The van der Waals surface area contributed by atoms with E-state index in [1.54, 1.807) is 12.1 Å². The number of anilines is 2. The largest absolute Gasteiger partial charge is 0.365 e. The highest BCUT2D eigenvalue weighted by Gasteiger charge is 2.15. The van der Waals surface area contributed by atoms with Crippen LogP contribution in [0.2, 0.25) is 0 Å². The van der Waals surface area contributed by atoms with Gasteiger partial charge in [0.05, 0.1) is 4.90 Å². The molecular formula is C13H13FN4O2S. The summed E-state index contributed by atoms with van der Waals surface area (Å²) in [6.07, 6.45) is 1.66. The topological polar surface area (TPSA) is 84.0 Å². The van der Waals surface area contributed by atoms with Gasteiger partial charge in [0, 0.05) is 6.54 Å². The summed E-state index contributed by atoms with van der Waals surface area (Å²) in [6, 6.07) is 7.54. The molecule has 0 spiro atoms. The van der Waals surface area contributed by atoms with Crippen LogP contribution < -0.4 is 10.0 Å². The Bertz CT molecular complexity index is 715. The van der Waals surface area contributed by atoms with Crippen LogP contribution in [0.1, 0.15) is 0 Å². The second-order valence-electron chi connectivity index (χ2n) is 4.03. The number of benzene rings is 1. The molecule has 0 radical (unpaired) electrons. The fourth-order valence-electron chi connectivity index (χ4n) is 1.47. The molecule has 0 amide bonds. The van der Waals surface area contributed by atoms with E-state index in [0.717, 1.165) is 12.1 Å². The Kier molecular flexibility index (Phi) is 4.49. The molecule has 0 aliphatic heterocycles. The predicted octanol–water partition coefficient (Wildman–Crippen LogP) is 2.01. The number of nitrogens with one attached hydrogen (secondary N) is 2. The summed E-state index contributed by atoms with van der Waals surface area (Å²) in [6.45, 7) is 4.08. The third-order valence-corrected chi connectivity index (χ3v) is 3.83. The van der Waals surface area contributed by atoms with Crippen LogP contribution in [0, 0.1) is 5.82 Å². The van der Waals surface area contributed by atoms with Crippen molar-refractivity contribution in [3.05, 3.63) is 54.9 Å². The SMILES string of the molecule is C=CCNc1ccc(NS(=O)(=O)c2ccc(F)cc2)nn1. The van der Waals surface area contributed by atoms with E-state index in [4.69, 9.17) is 0 Å². The molecule has 1 heterocycles. The molecule has 0 saturated heterocycles. The number of hydrogen-bond donors (Lipinski definition) is 2. The molecule has 0 aliphatic carbocycles. The lowest BCUT2D eigenvalue weighted by Crippen LogP contribution is -2.14. The normalized spacial score (nSPS) is 10.9. The van der Waals surface area contributed by atoms with Crippen molar-refractivity contribution < 1.29 is 12.8 Å². The van der Waals surface area contributed by atoms with Crippen molar-refractivity contribution in [3.63, 3.8) is 0 Å². The summed E-state index contributed by atoms with van der Waals surface area (Å²) >= 11 is 0. The molecule has 1 aromatic carbocycles. The molecule has 0 atom stereocenters. The number of aromatic nitrogens is 2. The summed E-state index contributed by atoms with van der Waals surface area (Å²) in [5.41, 5.74) is 0. The quantitative estimate of drug-likeness (QED) is 0.798. The fraction of sp³-hybridized carbons (Fsp3) is 0.0769. The monoisotopic (exact) mass is 308 g/mol. The summed E-state index contributed by atoms with van der Waals surface area (Å²) in [7, 11) is -3.82. The first-order valence-electron chi connectivity index (χ1n) is 5.98. The van der Waals surface area contributed by atoms with Crippen LogP contribution >= 0.6 is 0 Å². The Morgan fingerprint density at radius 3 is 2.29 bits per heavy atom. The standard InChI is InChI=1S/C13H13FN4O2S/c1-2-9-15-12-7-8-13(17-16-12)18-21(19,20)11-5-3-10(14)4-6-11/h2-8H,1,9H2,(H,15,16)(H,17,18). The number of halogens is 1. The number of rotatable bonds is 6. The lowest BCUT2D eigenvalue weighted by atomic mass is 10.4. The van der Waals surface area contributed by atoms with Gasteiger partial charge in [-0.2, -0.15) is 0 Å². The average molecular weight is 308 g/mol. The maximum Gasteiger partial charge on any atom is 0.263 e. The maximum atomic E-state index is 12.8. The predicted molar refractivity (Wildman–Crippen MR) is 77.9 cm³/mol. The van der Waals surface area contributed by atoms with Crippen LogP contribution in [0.4, 0.5) is 16.0 Å². The highest BCUT2D eigenvalue weighted by atomic mass is 32.2. The van der Waals surface area contributed by atoms with Gasteiger partial charge < -0.3 is 5.32 Å². The lowest BCUT2D eigenvalue weighted by Gasteiger charge is -2.07. The van der Waals surface area contributed by atoms with Gasteiger partial charge in [0.25, 0.3) is 10.0 Å². The van der Waals surface area contributed by atoms with Gasteiger partial charge >= 0.3 is 0 Å². The van der Waals surface area contributed by atoms with Crippen LogP contribution in [-0.4, -0.2) is 25.2 Å². The van der Waals surface area contributed by atoms with Crippen LogP contribution in [0.25, 0.3) is 0 Å². The molecule has 21 heavy (non-hydrogen) atoms. The van der Waals surface area contributed by atoms with Crippen molar-refractivity contribution in [2.75, 3.05) is 16.6 Å². The second kappa shape index (κ2) is 6.31. The molecule has 0 unspecified atom stereocenters. The Morgan fingerprint density at radius 2 is 1.71 bits per heavy atom. The lowest BCUT2D eigenvalue weighted by molar-refractivity contribution is 0.599. The Hall–Kier alpha value is -2.48. The van der Waals surface area contributed by atoms with Crippen molar-refractivity contribution in [1.29, 1.82) is 0 Å². The van der Waals surface area contributed by atoms with Gasteiger partial charge in [0.15, 0.2) is 5.82 Å². The van der Waals surface area contributed by atoms with Crippen LogP contribution in [0.3, 0.4) is 0 Å². The highest BCUT2D eigenvalue weighted by molar-refractivity contribution is 7.92. The Balaban J connectivity index is 2.13. The van der Waals surface area contributed by atoms with E-state index in [9.17, 15) is 12.8 Å². The van der Waals surface area contributed by atoms with Crippen LogP contribution in [0.5, 0.6) is 0 Å². The molecule has 2 rings (SSSR count). The van der Waals surface area contributed by atoms with Gasteiger partial charge in [-0.25, -0.2) is 12.8 Å². The van der Waals surface area contributed by atoms with E-state index in [1.807, 2.05) is 0 Å². The number of sulfonamides is 1. The minimum absolute atomic E-state index is 0.0560. The number of hydrogen-bond acceptors (Lipinski definition) is 5. The van der Waals surface area contributed by atoms with E-state index in [0.29, 0.717) is 12.4 Å². The Morgan fingerprint density at radius 1 is 1.10 bits per heavy atom. The summed E-state index contributed by atoms with van der Waals surface area (Å²) in [5, 5.41) is 10.5. The van der Waals surface area contributed by atoms with Gasteiger partial charge in [0.1, 0.15) is 11.6 Å². The summed E-state index contributed by atoms with van der Waals surface area (Å²) in [5.74, 6) is 0.0643. The van der Waals surface area contributed by atoms with Gasteiger partial charge in [-0.15, -0.1) is 16.8 Å². The van der Waals surface area contributed by atoms with Gasteiger partial charge in [-0.3, -0.25) is 4.72 Å². The van der Waals surface area contributed by atoms with Crippen molar-refractivity contribution >= 4 is 21.7 Å². The zero-order chi connectivity index (χ0) is 15.3. The second-order valence-corrected chi connectivity index (χ2v) is 5.72. The molecule has 0 bridgehead atoms. The summed E-state index contributed by atoms with van der Waals surface area (Å²) in [4.78, 5) is -0.0560. The highest BCUT2D eigenvalue weighted by Crippen LogP contribution is 2.15. The summed E-state index contributed by atoms with van der Waals surface area (Å²) < 4.78 is 39.1. The van der Waals surface area contributed by atoms with E-state index in [2.05, 4.69) is 26.8 Å². The molecule has 1 aromatic heterocycles. The van der Waals surface area contributed by atoms with Crippen molar-refractivity contribution in [2.24, 2.45) is 0 Å². The molecule has 0 saturated carbocycles. The Labute approximate surface area is 121 Å². The third-order valence-electron chi connectivity index (χ3n) is 2.45. The van der Waals surface area contributed by atoms with Gasteiger partial charge in [-0.1, -0.05) is 6.08 Å². The van der Waals surface area contributed by atoms with Gasteiger partial charge in [0.2, 0.25) is 0 Å². The molecule has 0 fully saturated rings. The molecule has 8 heteroatoms. The first-order chi connectivity index (χ1) is 10.0. The maximum absolute atomic E-state index is 12.8. The number of nitrogens with zero attached hydrogens (tertiary/aromatic N) is 2. The minimum atomic E-state index is -3.82.